The van der Waals surface area contributed by atoms with Crippen LogP contribution in [-0.2, 0) is 4.79 Å². The summed E-state index contributed by atoms with van der Waals surface area (Å²) in [4.78, 5) is 14.1. The van der Waals surface area contributed by atoms with E-state index in [1.165, 1.54) is 0 Å². The quantitative estimate of drug-likeness (QED) is 0.588. The fraction of sp³-hybridized carbons (Fsp3) is 0.917. The molecule has 0 spiro atoms. The first-order valence-electron chi connectivity index (χ1n) is 6.65. The summed E-state index contributed by atoms with van der Waals surface area (Å²) in [5.41, 5.74) is 5.71. The Hall–Kier alpha value is -0.650. The maximum absolute atomic E-state index is 11.9. The van der Waals surface area contributed by atoms with Crippen molar-refractivity contribution in [2.75, 3.05) is 32.7 Å². The topological polar surface area (TPSA) is 70.4 Å². The van der Waals surface area contributed by atoms with Crippen LogP contribution in [0.5, 0.6) is 0 Å². The molecular weight excluding hydrogens is 216 g/mol. The van der Waals surface area contributed by atoms with Crippen LogP contribution in [0.2, 0.25) is 0 Å². The number of carbonyl (C=O) groups is 1. The third-order valence-electron chi connectivity index (χ3n) is 3.44. The van der Waals surface area contributed by atoms with Gasteiger partial charge >= 0.3 is 0 Å². The van der Waals surface area contributed by atoms with E-state index in [1.54, 1.807) is 0 Å². The lowest BCUT2D eigenvalue weighted by Gasteiger charge is -2.35. The first kappa shape index (κ1) is 14.4. The number of nitrogens with two attached hydrogens (primary N) is 1. The van der Waals surface area contributed by atoms with Gasteiger partial charge in [0.05, 0.1) is 6.54 Å². The first-order valence-corrected chi connectivity index (χ1v) is 6.65. The maximum atomic E-state index is 11.9. The molecule has 0 aliphatic carbocycles. The van der Waals surface area contributed by atoms with Gasteiger partial charge in [-0.3, -0.25) is 9.69 Å². The predicted octanol–water partition coefficient (Wildman–Crippen LogP) is -0.476. The second-order valence-electron chi connectivity index (χ2n) is 4.65. The highest BCUT2D eigenvalue weighted by molar-refractivity contribution is 5.78. The van der Waals surface area contributed by atoms with Crippen LogP contribution in [0.15, 0.2) is 0 Å². The lowest BCUT2D eigenvalue weighted by atomic mass is 10.1. The molecule has 0 aromatic carbocycles. The molecule has 1 unspecified atom stereocenters. The van der Waals surface area contributed by atoms with E-state index < -0.39 is 0 Å². The van der Waals surface area contributed by atoms with Crippen molar-refractivity contribution in [2.45, 2.75) is 38.8 Å². The van der Waals surface area contributed by atoms with Gasteiger partial charge in [0.25, 0.3) is 0 Å². The lowest BCUT2D eigenvalue weighted by molar-refractivity contribution is -0.123. The molecule has 1 amide bonds. The summed E-state index contributed by atoms with van der Waals surface area (Å²) >= 11 is 0. The van der Waals surface area contributed by atoms with Gasteiger partial charge in [0, 0.05) is 38.3 Å². The van der Waals surface area contributed by atoms with E-state index in [4.69, 9.17) is 5.73 Å². The van der Waals surface area contributed by atoms with Crippen molar-refractivity contribution < 1.29 is 4.79 Å². The SMILES string of the molecule is CCC(CC)NC(=O)CN1CCNCC1CN. The summed E-state index contributed by atoms with van der Waals surface area (Å²) in [7, 11) is 0. The Labute approximate surface area is 104 Å². The van der Waals surface area contributed by atoms with Crippen LogP contribution in [0.3, 0.4) is 0 Å². The van der Waals surface area contributed by atoms with Crippen LogP contribution in [0, 0.1) is 0 Å². The van der Waals surface area contributed by atoms with Gasteiger partial charge in [-0.05, 0) is 12.8 Å². The monoisotopic (exact) mass is 242 g/mol. The largest absolute Gasteiger partial charge is 0.352 e. The average Bonchev–Trinajstić information content (AvgIpc) is 2.36. The second kappa shape index (κ2) is 7.63. The highest BCUT2D eigenvalue weighted by Crippen LogP contribution is 2.02. The fourth-order valence-corrected chi connectivity index (χ4v) is 2.19. The zero-order valence-corrected chi connectivity index (χ0v) is 11.0. The van der Waals surface area contributed by atoms with Crippen molar-refractivity contribution in [1.82, 2.24) is 15.5 Å². The van der Waals surface area contributed by atoms with Gasteiger partial charge in [-0.2, -0.15) is 0 Å². The molecule has 1 fully saturated rings. The molecule has 4 N–H and O–H groups in total. The third-order valence-corrected chi connectivity index (χ3v) is 3.44. The van der Waals surface area contributed by atoms with Gasteiger partial charge in [-0.15, -0.1) is 0 Å². The van der Waals surface area contributed by atoms with E-state index in [2.05, 4.69) is 29.4 Å². The minimum Gasteiger partial charge on any atom is -0.352 e. The van der Waals surface area contributed by atoms with Crippen LogP contribution < -0.4 is 16.4 Å². The molecule has 1 rings (SSSR count). The molecule has 0 bridgehead atoms. The Bertz CT molecular complexity index is 231. The van der Waals surface area contributed by atoms with Crippen LogP contribution in [0.1, 0.15) is 26.7 Å². The Morgan fingerprint density at radius 3 is 2.82 bits per heavy atom. The average molecular weight is 242 g/mol. The molecule has 0 radical (unpaired) electrons. The van der Waals surface area contributed by atoms with E-state index >= 15 is 0 Å². The lowest BCUT2D eigenvalue weighted by Crippen LogP contribution is -2.57. The van der Waals surface area contributed by atoms with E-state index in [0.29, 0.717) is 19.1 Å². The maximum Gasteiger partial charge on any atom is 0.234 e. The molecule has 0 aromatic heterocycles. The summed E-state index contributed by atoms with van der Waals surface area (Å²) < 4.78 is 0. The third kappa shape index (κ3) is 4.61. The standard InChI is InChI=1S/C12H26N4O/c1-3-10(4-2)15-12(17)9-16-6-5-14-8-11(16)7-13/h10-11,14H,3-9,13H2,1-2H3,(H,15,17). The number of nitrogens with one attached hydrogen (secondary N) is 2. The van der Waals surface area contributed by atoms with Crippen LogP contribution in [0.25, 0.3) is 0 Å². The zero-order chi connectivity index (χ0) is 12.7. The number of nitrogens with zero attached hydrogens (tertiary/aromatic N) is 1. The smallest absolute Gasteiger partial charge is 0.234 e. The van der Waals surface area contributed by atoms with Crippen molar-refractivity contribution in [1.29, 1.82) is 0 Å². The molecule has 0 aromatic rings. The zero-order valence-electron chi connectivity index (χ0n) is 11.0. The summed E-state index contributed by atoms with van der Waals surface area (Å²) in [6.07, 6.45) is 1.98. The van der Waals surface area contributed by atoms with Crippen LogP contribution in [0.4, 0.5) is 0 Å². The molecule has 5 heteroatoms. The van der Waals surface area contributed by atoms with Gasteiger partial charge in [0.1, 0.15) is 0 Å². The highest BCUT2D eigenvalue weighted by atomic mass is 16.2. The number of carbonyl (C=O) groups excluding carboxylic acids is 1. The van der Waals surface area contributed by atoms with Crippen LogP contribution in [-0.4, -0.2) is 55.6 Å². The van der Waals surface area contributed by atoms with E-state index in [1.807, 2.05) is 0 Å². The number of piperazine rings is 1. The fourth-order valence-electron chi connectivity index (χ4n) is 2.19. The van der Waals surface area contributed by atoms with Crippen molar-refractivity contribution in [2.24, 2.45) is 5.73 Å². The summed E-state index contributed by atoms with van der Waals surface area (Å²) in [6, 6.07) is 0.595. The van der Waals surface area contributed by atoms with Crippen molar-refractivity contribution in [3.63, 3.8) is 0 Å². The second-order valence-corrected chi connectivity index (χ2v) is 4.65. The van der Waals surface area contributed by atoms with Crippen molar-refractivity contribution in [3.8, 4) is 0 Å². The van der Waals surface area contributed by atoms with Gasteiger partial charge < -0.3 is 16.4 Å². The molecule has 100 valence electrons. The molecule has 1 atom stereocenters. The summed E-state index contributed by atoms with van der Waals surface area (Å²) in [5.74, 6) is 0.124. The highest BCUT2D eigenvalue weighted by Gasteiger charge is 2.23. The summed E-state index contributed by atoms with van der Waals surface area (Å²) in [6.45, 7) is 8.00. The molecule has 1 saturated heterocycles. The number of hydrogen-bond donors (Lipinski definition) is 3. The molecule has 0 saturated carbocycles. The number of amides is 1. The molecule has 17 heavy (non-hydrogen) atoms. The van der Waals surface area contributed by atoms with E-state index in [0.717, 1.165) is 32.5 Å². The molecule has 1 aliphatic heterocycles. The Balaban J connectivity index is 2.38. The normalized spacial score (nSPS) is 21.8. The van der Waals surface area contributed by atoms with Crippen molar-refractivity contribution >= 4 is 5.91 Å². The predicted molar refractivity (Wildman–Crippen MR) is 69.8 cm³/mol. The molecular formula is C12H26N4O. The first-order chi connectivity index (χ1) is 8.21. The molecule has 5 nitrogen and oxygen atoms in total. The van der Waals surface area contributed by atoms with Crippen molar-refractivity contribution in [3.05, 3.63) is 0 Å². The van der Waals surface area contributed by atoms with E-state index in [-0.39, 0.29) is 11.9 Å². The Morgan fingerprint density at radius 2 is 2.24 bits per heavy atom. The summed E-state index contributed by atoms with van der Waals surface area (Å²) in [5, 5.41) is 6.37. The van der Waals surface area contributed by atoms with Gasteiger partial charge in [-0.25, -0.2) is 0 Å². The Morgan fingerprint density at radius 1 is 1.53 bits per heavy atom. The van der Waals surface area contributed by atoms with Gasteiger partial charge in [0.15, 0.2) is 0 Å². The molecule has 1 aliphatic rings. The number of hydrogen-bond acceptors (Lipinski definition) is 4. The molecule has 1 heterocycles. The minimum atomic E-state index is 0.124. The number of rotatable bonds is 6. The Kier molecular flexibility index (Phi) is 6.47. The van der Waals surface area contributed by atoms with Gasteiger partial charge in [-0.1, -0.05) is 13.8 Å². The van der Waals surface area contributed by atoms with E-state index in [9.17, 15) is 4.79 Å². The van der Waals surface area contributed by atoms with Gasteiger partial charge in [0.2, 0.25) is 5.91 Å². The minimum absolute atomic E-state index is 0.124. The van der Waals surface area contributed by atoms with Crippen LogP contribution >= 0.6 is 0 Å².